The van der Waals surface area contributed by atoms with E-state index in [1.165, 1.54) is 25.5 Å². The predicted octanol–water partition coefficient (Wildman–Crippen LogP) is 3.71. The van der Waals surface area contributed by atoms with E-state index in [4.69, 9.17) is 27.9 Å². The second-order valence-corrected chi connectivity index (χ2v) is 7.70. The number of carbonyl (C=O) groups is 2. The summed E-state index contributed by atoms with van der Waals surface area (Å²) >= 11 is 12.0. The van der Waals surface area contributed by atoms with Crippen LogP contribution in [0.5, 0.6) is 11.5 Å². The Bertz CT molecular complexity index is 973. The summed E-state index contributed by atoms with van der Waals surface area (Å²) in [5.74, 6) is -0.257. The van der Waals surface area contributed by atoms with Gasteiger partial charge in [-0.2, -0.15) is 5.10 Å². The molecule has 1 heterocycles. The first kappa shape index (κ1) is 21.9. The molecule has 2 aromatic rings. The van der Waals surface area contributed by atoms with Crippen LogP contribution in [0.2, 0.25) is 10.0 Å². The van der Waals surface area contributed by atoms with Crippen LogP contribution >= 0.6 is 23.2 Å². The average molecular weight is 450 g/mol. The number of hydrogen-bond donors (Lipinski definition) is 2. The van der Waals surface area contributed by atoms with Crippen LogP contribution in [0.1, 0.15) is 28.8 Å². The highest BCUT2D eigenvalue weighted by Gasteiger charge is 2.28. The molecule has 0 bridgehead atoms. The fourth-order valence-electron chi connectivity index (χ4n) is 3.21. The second-order valence-electron chi connectivity index (χ2n) is 6.86. The molecule has 0 unspecified atom stereocenters. The number of likely N-dealkylation sites (tertiary alicyclic amines) is 1. The van der Waals surface area contributed by atoms with Crippen molar-refractivity contribution in [3.8, 4) is 11.5 Å². The standard InChI is InChI=1S/C21H21Cl2N3O4/c1-30-19-10-13(2-5-18(19)27)12-24-25-20(28)14-6-8-26(9-7-14)21(29)16-4-3-15(22)11-17(16)23/h2-5,10-12,14,27H,6-9H2,1H3,(H,25,28)/b24-12-. The number of halogens is 2. The van der Waals surface area contributed by atoms with Gasteiger partial charge in [0.15, 0.2) is 11.5 Å². The number of benzene rings is 2. The highest BCUT2D eigenvalue weighted by Crippen LogP contribution is 2.26. The molecule has 7 nitrogen and oxygen atoms in total. The molecule has 0 radical (unpaired) electrons. The van der Waals surface area contributed by atoms with Gasteiger partial charge in [-0.25, -0.2) is 5.43 Å². The molecule has 0 atom stereocenters. The summed E-state index contributed by atoms with van der Waals surface area (Å²) in [7, 11) is 1.45. The number of hydrazone groups is 1. The van der Waals surface area contributed by atoms with Crippen molar-refractivity contribution in [2.45, 2.75) is 12.8 Å². The Morgan fingerprint density at radius 2 is 1.93 bits per heavy atom. The normalized spacial score (nSPS) is 14.7. The van der Waals surface area contributed by atoms with E-state index in [0.717, 1.165) is 0 Å². The quantitative estimate of drug-likeness (QED) is 0.537. The van der Waals surface area contributed by atoms with Gasteiger partial charge >= 0.3 is 0 Å². The molecule has 0 aliphatic carbocycles. The molecule has 0 spiro atoms. The van der Waals surface area contributed by atoms with Crippen molar-refractivity contribution in [2.75, 3.05) is 20.2 Å². The molecular weight excluding hydrogens is 429 g/mol. The number of rotatable bonds is 5. The van der Waals surface area contributed by atoms with Crippen molar-refractivity contribution in [2.24, 2.45) is 11.0 Å². The Balaban J connectivity index is 1.52. The van der Waals surface area contributed by atoms with E-state index < -0.39 is 0 Å². The number of methoxy groups -OCH3 is 1. The van der Waals surface area contributed by atoms with Gasteiger partial charge in [0, 0.05) is 24.0 Å². The molecular formula is C21H21Cl2N3O4. The maximum absolute atomic E-state index is 12.7. The molecule has 1 saturated heterocycles. The minimum atomic E-state index is -0.235. The third kappa shape index (κ3) is 5.23. The molecule has 2 aromatic carbocycles. The van der Waals surface area contributed by atoms with Crippen LogP contribution in [0.15, 0.2) is 41.5 Å². The van der Waals surface area contributed by atoms with Gasteiger partial charge in [-0.1, -0.05) is 23.2 Å². The van der Waals surface area contributed by atoms with Gasteiger partial charge < -0.3 is 14.7 Å². The number of phenolic OH excluding ortho intramolecular Hbond substituents is 1. The van der Waals surface area contributed by atoms with Crippen LogP contribution in [0.25, 0.3) is 0 Å². The Kier molecular flexibility index (Phi) is 7.18. The van der Waals surface area contributed by atoms with Gasteiger partial charge in [-0.05, 0) is 54.8 Å². The number of piperidine rings is 1. The molecule has 1 aliphatic heterocycles. The van der Waals surface area contributed by atoms with E-state index in [-0.39, 0.29) is 23.5 Å². The average Bonchev–Trinajstić information content (AvgIpc) is 2.74. The van der Waals surface area contributed by atoms with E-state index in [0.29, 0.717) is 52.9 Å². The molecule has 2 N–H and O–H groups in total. The van der Waals surface area contributed by atoms with Crippen LogP contribution in [-0.4, -0.2) is 48.2 Å². The molecule has 0 aromatic heterocycles. The minimum Gasteiger partial charge on any atom is -0.504 e. The molecule has 2 amide bonds. The van der Waals surface area contributed by atoms with Gasteiger partial charge in [0.1, 0.15) is 0 Å². The van der Waals surface area contributed by atoms with Crippen LogP contribution in [0.4, 0.5) is 0 Å². The summed E-state index contributed by atoms with van der Waals surface area (Å²) in [6.07, 6.45) is 2.54. The lowest BCUT2D eigenvalue weighted by Crippen LogP contribution is -2.42. The Labute approximate surface area is 184 Å². The first-order chi connectivity index (χ1) is 14.4. The first-order valence-electron chi connectivity index (χ1n) is 9.33. The summed E-state index contributed by atoms with van der Waals surface area (Å²) in [6, 6.07) is 9.53. The number of phenols is 1. The van der Waals surface area contributed by atoms with Crippen molar-refractivity contribution in [1.29, 1.82) is 0 Å². The summed E-state index contributed by atoms with van der Waals surface area (Å²) in [5.41, 5.74) is 3.60. The van der Waals surface area contributed by atoms with Crippen molar-refractivity contribution in [1.82, 2.24) is 10.3 Å². The highest BCUT2D eigenvalue weighted by molar-refractivity contribution is 6.36. The lowest BCUT2D eigenvalue weighted by atomic mass is 9.95. The van der Waals surface area contributed by atoms with Gasteiger partial charge in [-0.3, -0.25) is 9.59 Å². The van der Waals surface area contributed by atoms with Gasteiger partial charge in [0.2, 0.25) is 5.91 Å². The highest BCUT2D eigenvalue weighted by atomic mass is 35.5. The molecule has 0 saturated carbocycles. The summed E-state index contributed by atoms with van der Waals surface area (Å²) in [4.78, 5) is 26.7. The number of aromatic hydroxyl groups is 1. The molecule has 1 fully saturated rings. The lowest BCUT2D eigenvalue weighted by Gasteiger charge is -2.31. The Morgan fingerprint density at radius 3 is 2.60 bits per heavy atom. The lowest BCUT2D eigenvalue weighted by molar-refractivity contribution is -0.126. The zero-order chi connectivity index (χ0) is 21.7. The zero-order valence-electron chi connectivity index (χ0n) is 16.3. The summed E-state index contributed by atoms with van der Waals surface area (Å²) in [6.45, 7) is 0.906. The predicted molar refractivity (Wildman–Crippen MR) is 115 cm³/mol. The number of amides is 2. The summed E-state index contributed by atoms with van der Waals surface area (Å²) < 4.78 is 5.04. The van der Waals surface area contributed by atoms with E-state index in [1.54, 1.807) is 29.2 Å². The number of hydrogen-bond acceptors (Lipinski definition) is 5. The van der Waals surface area contributed by atoms with E-state index >= 15 is 0 Å². The molecule has 1 aliphatic rings. The number of carbonyl (C=O) groups excluding carboxylic acids is 2. The maximum atomic E-state index is 12.7. The van der Waals surface area contributed by atoms with E-state index in [2.05, 4.69) is 10.5 Å². The van der Waals surface area contributed by atoms with Crippen LogP contribution in [-0.2, 0) is 4.79 Å². The van der Waals surface area contributed by atoms with Crippen molar-refractivity contribution >= 4 is 41.2 Å². The smallest absolute Gasteiger partial charge is 0.255 e. The van der Waals surface area contributed by atoms with Gasteiger partial charge in [0.05, 0.1) is 23.9 Å². The SMILES string of the molecule is COc1cc(/C=N\NC(=O)C2CCN(C(=O)c3ccc(Cl)cc3Cl)CC2)ccc1O. The monoisotopic (exact) mass is 449 g/mol. The van der Waals surface area contributed by atoms with Gasteiger partial charge in [-0.15, -0.1) is 0 Å². The third-order valence-electron chi connectivity index (χ3n) is 4.91. The first-order valence-corrected chi connectivity index (χ1v) is 10.1. The number of ether oxygens (including phenoxy) is 1. The fourth-order valence-corrected chi connectivity index (χ4v) is 3.70. The fraction of sp³-hybridized carbons (Fsp3) is 0.286. The van der Waals surface area contributed by atoms with Crippen molar-refractivity contribution in [3.05, 3.63) is 57.6 Å². The Morgan fingerprint density at radius 1 is 1.20 bits per heavy atom. The second kappa shape index (κ2) is 9.82. The van der Waals surface area contributed by atoms with Crippen molar-refractivity contribution in [3.63, 3.8) is 0 Å². The van der Waals surface area contributed by atoms with E-state index in [9.17, 15) is 14.7 Å². The van der Waals surface area contributed by atoms with Gasteiger partial charge in [0.25, 0.3) is 5.91 Å². The minimum absolute atomic E-state index is 0.0277. The topological polar surface area (TPSA) is 91.2 Å². The molecule has 9 heteroatoms. The molecule has 3 rings (SSSR count). The third-order valence-corrected chi connectivity index (χ3v) is 5.45. The van der Waals surface area contributed by atoms with Crippen LogP contribution in [0, 0.1) is 5.92 Å². The molecule has 30 heavy (non-hydrogen) atoms. The van der Waals surface area contributed by atoms with Crippen LogP contribution < -0.4 is 10.2 Å². The summed E-state index contributed by atoms with van der Waals surface area (Å²) in [5, 5.41) is 14.4. The van der Waals surface area contributed by atoms with Crippen LogP contribution in [0.3, 0.4) is 0 Å². The largest absolute Gasteiger partial charge is 0.504 e. The Hall–Kier alpha value is -2.77. The van der Waals surface area contributed by atoms with Crippen molar-refractivity contribution < 1.29 is 19.4 Å². The molecule has 158 valence electrons. The number of nitrogens with one attached hydrogen (secondary N) is 1. The maximum Gasteiger partial charge on any atom is 0.255 e. The van der Waals surface area contributed by atoms with E-state index in [1.807, 2.05) is 0 Å². The zero-order valence-corrected chi connectivity index (χ0v) is 17.8. The number of nitrogens with zero attached hydrogens (tertiary/aromatic N) is 2.